The predicted molar refractivity (Wildman–Crippen MR) is 95.9 cm³/mol. The van der Waals surface area contributed by atoms with Crippen LogP contribution in [0.4, 0.5) is 0 Å². The first-order chi connectivity index (χ1) is 11.6. The Morgan fingerprint density at radius 1 is 1.17 bits per heavy atom. The van der Waals surface area contributed by atoms with Crippen molar-refractivity contribution >= 4 is 5.91 Å². The van der Waals surface area contributed by atoms with Gasteiger partial charge in [-0.1, -0.05) is 31.0 Å². The molecule has 3 rings (SSSR count). The van der Waals surface area contributed by atoms with Crippen molar-refractivity contribution in [2.24, 2.45) is 0 Å². The molecule has 1 aromatic carbocycles. The summed E-state index contributed by atoms with van der Waals surface area (Å²) < 4.78 is 0. The van der Waals surface area contributed by atoms with Crippen LogP contribution in [0.25, 0.3) is 0 Å². The smallest absolute Gasteiger partial charge is 0.234 e. The Morgan fingerprint density at radius 3 is 2.58 bits per heavy atom. The molecule has 0 heterocycles. The molecule has 24 heavy (non-hydrogen) atoms. The average Bonchev–Trinajstić information content (AvgIpc) is 3.09. The maximum absolute atomic E-state index is 12.3. The normalized spacial score (nSPS) is 20.4. The number of aliphatic hydroxyl groups is 1. The Hall–Kier alpha value is -1.39. The van der Waals surface area contributed by atoms with Crippen molar-refractivity contribution in [1.82, 2.24) is 10.6 Å². The van der Waals surface area contributed by atoms with Crippen molar-refractivity contribution < 1.29 is 9.90 Å². The zero-order chi connectivity index (χ0) is 17.0. The number of nitrogens with one attached hydrogen (secondary N) is 2. The molecule has 1 atom stereocenters. The lowest BCUT2D eigenvalue weighted by molar-refractivity contribution is -0.121. The fourth-order valence-electron chi connectivity index (χ4n) is 4.11. The molecule has 1 aromatic rings. The first-order valence-electron chi connectivity index (χ1n) is 9.39. The van der Waals surface area contributed by atoms with Crippen LogP contribution in [0.1, 0.15) is 68.2 Å². The van der Waals surface area contributed by atoms with Crippen molar-refractivity contribution in [2.45, 2.75) is 69.9 Å². The van der Waals surface area contributed by atoms with Gasteiger partial charge >= 0.3 is 0 Å². The van der Waals surface area contributed by atoms with Gasteiger partial charge in [-0.15, -0.1) is 0 Å². The molecular formula is C20H30N2O2. The fourth-order valence-corrected chi connectivity index (χ4v) is 4.11. The summed E-state index contributed by atoms with van der Waals surface area (Å²) in [6.45, 7) is 2.43. The third-order valence-corrected chi connectivity index (χ3v) is 5.74. The minimum atomic E-state index is -0.244. The van der Waals surface area contributed by atoms with Crippen molar-refractivity contribution in [3.05, 3.63) is 34.9 Å². The average molecular weight is 330 g/mol. The maximum atomic E-state index is 12.3. The summed E-state index contributed by atoms with van der Waals surface area (Å²) in [5.41, 5.74) is 3.85. The van der Waals surface area contributed by atoms with E-state index in [-0.39, 0.29) is 30.6 Å². The molecule has 4 nitrogen and oxygen atoms in total. The molecule has 0 aliphatic heterocycles. The lowest BCUT2D eigenvalue weighted by atomic mass is 9.89. The molecule has 1 amide bonds. The molecule has 3 N–H and O–H groups in total. The van der Waals surface area contributed by atoms with Crippen LogP contribution in [0.15, 0.2) is 18.2 Å². The van der Waals surface area contributed by atoms with Gasteiger partial charge in [-0.25, -0.2) is 0 Å². The Bertz CT molecular complexity index is 579. The summed E-state index contributed by atoms with van der Waals surface area (Å²) in [6.07, 6.45) is 9.06. The van der Waals surface area contributed by atoms with E-state index in [1.54, 1.807) is 0 Å². The quantitative estimate of drug-likeness (QED) is 0.751. The first-order valence-corrected chi connectivity index (χ1v) is 9.39. The molecule has 4 heteroatoms. The van der Waals surface area contributed by atoms with Gasteiger partial charge in [0, 0.05) is 5.54 Å². The number of hydrogen-bond acceptors (Lipinski definition) is 3. The van der Waals surface area contributed by atoms with Gasteiger partial charge in [-0.05, 0) is 62.1 Å². The number of amides is 1. The number of aliphatic hydroxyl groups excluding tert-OH is 1. The maximum Gasteiger partial charge on any atom is 0.234 e. The Kier molecular flexibility index (Phi) is 5.57. The molecule has 1 fully saturated rings. The SMILES string of the molecule is CC(NC(=O)CNC1(CO)CCCC1)c1ccc2c(c1)CCCC2. The van der Waals surface area contributed by atoms with Crippen LogP contribution < -0.4 is 10.6 Å². The Balaban J connectivity index is 1.54. The number of carbonyl (C=O) groups excluding carboxylic acids is 1. The topological polar surface area (TPSA) is 61.4 Å². The van der Waals surface area contributed by atoms with Crippen LogP contribution in [0, 0.1) is 0 Å². The van der Waals surface area contributed by atoms with Crippen molar-refractivity contribution in [3.63, 3.8) is 0 Å². The second-order valence-electron chi connectivity index (χ2n) is 7.52. The standard InChI is InChI=1S/C20H30N2O2/c1-15(17-9-8-16-6-2-3-7-18(16)12-17)22-19(24)13-21-20(14-23)10-4-5-11-20/h8-9,12,15,21,23H,2-7,10-11,13-14H2,1H3,(H,22,24). The van der Waals surface area contributed by atoms with Gasteiger partial charge in [-0.2, -0.15) is 0 Å². The number of benzene rings is 1. The summed E-state index contributed by atoms with van der Waals surface area (Å²) in [6, 6.07) is 6.65. The summed E-state index contributed by atoms with van der Waals surface area (Å²) >= 11 is 0. The van der Waals surface area contributed by atoms with Gasteiger partial charge in [0.15, 0.2) is 0 Å². The zero-order valence-electron chi connectivity index (χ0n) is 14.7. The van der Waals surface area contributed by atoms with Gasteiger partial charge in [0.1, 0.15) is 0 Å². The van der Waals surface area contributed by atoms with E-state index in [0.29, 0.717) is 0 Å². The van der Waals surface area contributed by atoms with E-state index in [9.17, 15) is 9.90 Å². The highest BCUT2D eigenvalue weighted by Gasteiger charge is 2.33. The third-order valence-electron chi connectivity index (χ3n) is 5.74. The second-order valence-corrected chi connectivity index (χ2v) is 7.52. The minimum Gasteiger partial charge on any atom is -0.394 e. The summed E-state index contributed by atoms with van der Waals surface area (Å²) in [5, 5.41) is 16.0. The monoisotopic (exact) mass is 330 g/mol. The van der Waals surface area contributed by atoms with Crippen LogP contribution >= 0.6 is 0 Å². The second kappa shape index (κ2) is 7.66. The summed E-state index contributed by atoms with van der Waals surface area (Å²) in [7, 11) is 0. The minimum absolute atomic E-state index is 0.0000503. The van der Waals surface area contributed by atoms with Crippen LogP contribution in [0.3, 0.4) is 0 Å². The van der Waals surface area contributed by atoms with Gasteiger partial charge in [-0.3, -0.25) is 4.79 Å². The third kappa shape index (κ3) is 3.98. The van der Waals surface area contributed by atoms with E-state index >= 15 is 0 Å². The number of hydrogen-bond donors (Lipinski definition) is 3. The number of fused-ring (bicyclic) bond motifs is 1. The van der Waals surface area contributed by atoms with Gasteiger partial charge < -0.3 is 15.7 Å². The van der Waals surface area contributed by atoms with Crippen molar-refractivity contribution in [1.29, 1.82) is 0 Å². The zero-order valence-corrected chi connectivity index (χ0v) is 14.7. The van der Waals surface area contributed by atoms with Gasteiger partial charge in [0.05, 0.1) is 19.2 Å². The molecule has 0 bridgehead atoms. The Morgan fingerprint density at radius 2 is 1.88 bits per heavy atom. The number of carbonyl (C=O) groups is 1. The Labute approximate surface area is 145 Å². The van der Waals surface area contributed by atoms with Gasteiger partial charge in [0.25, 0.3) is 0 Å². The van der Waals surface area contributed by atoms with Crippen LogP contribution in [-0.4, -0.2) is 29.7 Å². The van der Waals surface area contributed by atoms with Crippen molar-refractivity contribution in [3.8, 4) is 0 Å². The van der Waals surface area contributed by atoms with Gasteiger partial charge in [0.2, 0.25) is 5.91 Å². The number of rotatable bonds is 6. The molecule has 1 unspecified atom stereocenters. The highest BCUT2D eigenvalue weighted by molar-refractivity contribution is 5.78. The van der Waals surface area contributed by atoms with Crippen LogP contribution in [0.2, 0.25) is 0 Å². The molecule has 0 aromatic heterocycles. The molecule has 1 saturated carbocycles. The highest BCUT2D eigenvalue weighted by Crippen LogP contribution is 2.29. The first kappa shape index (κ1) is 17.4. The molecular weight excluding hydrogens is 300 g/mol. The fraction of sp³-hybridized carbons (Fsp3) is 0.650. The largest absolute Gasteiger partial charge is 0.394 e. The van der Waals surface area contributed by atoms with E-state index in [0.717, 1.165) is 32.1 Å². The molecule has 2 aliphatic carbocycles. The summed E-state index contributed by atoms with van der Waals surface area (Å²) in [4.78, 5) is 12.3. The van der Waals surface area contributed by atoms with E-state index in [1.807, 2.05) is 6.92 Å². The predicted octanol–water partition coefficient (Wildman–Crippen LogP) is 2.64. The molecule has 2 aliphatic rings. The lowest BCUT2D eigenvalue weighted by Gasteiger charge is -2.28. The van der Waals surface area contributed by atoms with E-state index in [4.69, 9.17) is 0 Å². The number of aryl methyl sites for hydroxylation is 2. The molecule has 0 saturated heterocycles. The lowest BCUT2D eigenvalue weighted by Crippen LogP contribution is -2.50. The molecule has 0 radical (unpaired) electrons. The van der Waals surface area contributed by atoms with E-state index in [1.165, 1.54) is 36.0 Å². The van der Waals surface area contributed by atoms with E-state index in [2.05, 4.69) is 28.8 Å². The van der Waals surface area contributed by atoms with Crippen molar-refractivity contribution in [2.75, 3.05) is 13.2 Å². The van der Waals surface area contributed by atoms with E-state index < -0.39 is 0 Å². The molecule has 0 spiro atoms. The summed E-state index contributed by atoms with van der Waals surface area (Å²) in [5.74, 6) is -0.0000503. The molecule has 132 valence electrons. The highest BCUT2D eigenvalue weighted by atomic mass is 16.3. The van der Waals surface area contributed by atoms with Crippen LogP contribution in [0.5, 0.6) is 0 Å². The van der Waals surface area contributed by atoms with Crippen LogP contribution in [-0.2, 0) is 17.6 Å².